The molecule has 1 unspecified atom stereocenters. The van der Waals surface area contributed by atoms with Crippen molar-refractivity contribution in [3.8, 4) is 0 Å². The lowest BCUT2D eigenvalue weighted by Crippen LogP contribution is -2.37. The van der Waals surface area contributed by atoms with Gasteiger partial charge in [0, 0.05) is 32.2 Å². The molecule has 2 amide bonds. The summed E-state index contributed by atoms with van der Waals surface area (Å²) >= 11 is 0. The van der Waals surface area contributed by atoms with E-state index in [1.807, 2.05) is 37.3 Å². The van der Waals surface area contributed by atoms with E-state index < -0.39 is 0 Å². The molecule has 0 aliphatic carbocycles. The van der Waals surface area contributed by atoms with E-state index in [0.29, 0.717) is 31.7 Å². The van der Waals surface area contributed by atoms with E-state index in [9.17, 15) is 9.59 Å². The van der Waals surface area contributed by atoms with Gasteiger partial charge in [0.25, 0.3) is 5.91 Å². The van der Waals surface area contributed by atoms with Crippen molar-refractivity contribution in [2.75, 3.05) is 19.7 Å². The van der Waals surface area contributed by atoms with Crippen LogP contribution < -0.4 is 5.32 Å². The molecule has 1 N–H and O–H groups in total. The molecule has 28 heavy (non-hydrogen) atoms. The first-order valence-corrected chi connectivity index (χ1v) is 9.82. The van der Waals surface area contributed by atoms with E-state index >= 15 is 0 Å². The maximum atomic E-state index is 12.9. The zero-order valence-electron chi connectivity index (χ0n) is 16.2. The number of aryl methyl sites for hydroxylation is 1. The van der Waals surface area contributed by atoms with Crippen molar-refractivity contribution in [1.29, 1.82) is 0 Å². The normalized spacial score (nSPS) is 16.1. The Morgan fingerprint density at radius 3 is 2.82 bits per heavy atom. The summed E-state index contributed by atoms with van der Waals surface area (Å²) in [6, 6.07) is 11.5. The van der Waals surface area contributed by atoms with Crippen molar-refractivity contribution < 1.29 is 18.8 Å². The van der Waals surface area contributed by atoms with Crippen LogP contribution in [0.2, 0.25) is 0 Å². The lowest BCUT2D eigenvalue weighted by Gasteiger charge is -2.24. The third-order valence-corrected chi connectivity index (χ3v) is 4.75. The summed E-state index contributed by atoms with van der Waals surface area (Å²) in [6.07, 6.45) is 3.10. The number of benzene rings is 1. The lowest BCUT2D eigenvalue weighted by atomic mass is 10.1. The van der Waals surface area contributed by atoms with Crippen LogP contribution in [-0.4, -0.2) is 47.7 Å². The Bertz CT molecular complexity index is 769. The van der Waals surface area contributed by atoms with Crippen LogP contribution >= 0.6 is 0 Å². The van der Waals surface area contributed by atoms with Gasteiger partial charge in [0.2, 0.25) is 5.91 Å². The summed E-state index contributed by atoms with van der Waals surface area (Å²) in [6.45, 7) is 3.89. The van der Waals surface area contributed by atoms with Crippen molar-refractivity contribution in [2.24, 2.45) is 0 Å². The van der Waals surface area contributed by atoms with Gasteiger partial charge in [-0.3, -0.25) is 9.59 Å². The molecule has 1 atom stereocenters. The van der Waals surface area contributed by atoms with Gasteiger partial charge in [0.05, 0.1) is 12.6 Å². The second kappa shape index (κ2) is 10.0. The molecule has 1 aliphatic rings. The molecule has 0 radical (unpaired) electrons. The average molecular weight is 385 g/mol. The predicted molar refractivity (Wildman–Crippen MR) is 104 cm³/mol. The number of hydrogen-bond acceptors (Lipinski definition) is 5. The Hall–Kier alpha value is -2.67. The number of carbonyl (C=O) groups is 2. The number of carbonyl (C=O) groups excluding carboxylic acids is 2. The summed E-state index contributed by atoms with van der Waals surface area (Å²) in [5.74, 6) is 0.251. The highest BCUT2D eigenvalue weighted by Gasteiger charge is 2.24. The second-order valence-electron chi connectivity index (χ2n) is 6.93. The number of ether oxygens (including phenoxy) is 1. The summed E-state index contributed by atoms with van der Waals surface area (Å²) < 4.78 is 11.0. The summed E-state index contributed by atoms with van der Waals surface area (Å²) in [7, 11) is 0. The van der Waals surface area contributed by atoms with E-state index in [2.05, 4.69) is 10.5 Å². The molecular weight excluding hydrogens is 358 g/mol. The minimum Gasteiger partial charge on any atom is -0.376 e. The van der Waals surface area contributed by atoms with Crippen LogP contribution in [-0.2, 0) is 22.5 Å². The molecule has 150 valence electrons. The third kappa shape index (κ3) is 5.66. The Morgan fingerprint density at radius 1 is 1.29 bits per heavy atom. The number of hydrogen-bond donors (Lipinski definition) is 1. The van der Waals surface area contributed by atoms with Gasteiger partial charge in [-0.05, 0) is 31.7 Å². The zero-order valence-corrected chi connectivity index (χ0v) is 16.2. The molecule has 7 heteroatoms. The summed E-state index contributed by atoms with van der Waals surface area (Å²) in [5, 5.41) is 6.50. The van der Waals surface area contributed by atoms with Gasteiger partial charge < -0.3 is 19.5 Å². The monoisotopic (exact) mass is 385 g/mol. The van der Waals surface area contributed by atoms with Crippen molar-refractivity contribution in [3.63, 3.8) is 0 Å². The molecule has 1 saturated heterocycles. The smallest absolute Gasteiger partial charge is 0.273 e. The largest absolute Gasteiger partial charge is 0.376 e. The van der Waals surface area contributed by atoms with Crippen LogP contribution in [0, 0.1) is 0 Å². The predicted octanol–water partition coefficient (Wildman–Crippen LogP) is 2.56. The van der Waals surface area contributed by atoms with E-state index in [1.54, 1.807) is 11.0 Å². The lowest BCUT2D eigenvalue weighted by molar-refractivity contribution is -0.133. The van der Waals surface area contributed by atoms with Crippen molar-refractivity contribution in [3.05, 3.63) is 53.4 Å². The Labute approximate surface area is 165 Å². The maximum absolute atomic E-state index is 12.9. The molecule has 2 heterocycles. The highest BCUT2D eigenvalue weighted by molar-refractivity contribution is 5.92. The van der Waals surface area contributed by atoms with Crippen LogP contribution in [0.5, 0.6) is 0 Å². The minimum absolute atomic E-state index is 0.0373. The van der Waals surface area contributed by atoms with Crippen LogP contribution in [0.4, 0.5) is 0 Å². The van der Waals surface area contributed by atoms with Crippen LogP contribution in [0.1, 0.15) is 48.0 Å². The first-order valence-electron chi connectivity index (χ1n) is 9.82. The minimum atomic E-state index is -0.279. The average Bonchev–Trinajstić information content (AvgIpc) is 3.39. The van der Waals surface area contributed by atoms with Gasteiger partial charge in [-0.15, -0.1) is 0 Å². The quantitative estimate of drug-likeness (QED) is 0.717. The molecule has 0 spiro atoms. The number of amides is 2. The molecule has 2 aromatic rings. The Morgan fingerprint density at radius 2 is 2.11 bits per heavy atom. The summed E-state index contributed by atoms with van der Waals surface area (Å²) in [5.41, 5.74) is 1.36. The van der Waals surface area contributed by atoms with Crippen molar-refractivity contribution in [1.82, 2.24) is 15.4 Å². The molecule has 0 bridgehead atoms. The topological polar surface area (TPSA) is 84.7 Å². The fraction of sp³-hybridized carbons (Fsp3) is 0.476. The van der Waals surface area contributed by atoms with Crippen molar-refractivity contribution in [2.45, 2.75) is 45.3 Å². The molecular formula is C21H27N3O4. The Kier molecular flexibility index (Phi) is 7.19. The van der Waals surface area contributed by atoms with E-state index in [0.717, 1.165) is 25.0 Å². The number of nitrogens with one attached hydrogen (secondary N) is 1. The highest BCUT2D eigenvalue weighted by atomic mass is 16.5. The van der Waals surface area contributed by atoms with Gasteiger partial charge in [0.15, 0.2) is 11.5 Å². The molecule has 0 saturated carbocycles. The van der Waals surface area contributed by atoms with Gasteiger partial charge in [-0.2, -0.15) is 0 Å². The van der Waals surface area contributed by atoms with E-state index in [4.69, 9.17) is 9.26 Å². The Balaban J connectivity index is 1.64. The number of nitrogens with zero attached hydrogens (tertiary/aromatic N) is 2. The second-order valence-corrected chi connectivity index (χ2v) is 6.93. The summed E-state index contributed by atoms with van der Waals surface area (Å²) in [4.78, 5) is 26.5. The van der Waals surface area contributed by atoms with Gasteiger partial charge in [0.1, 0.15) is 0 Å². The zero-order chi connectivity index (χ0) is 19.8. The fourth-order valence-corrected chi connectivity index (χ4v) is 3.28. The third-order valence-electron chi connectivity index (χ3n) is 4.75. The van der Waals surface area contributed by atoms with Crippen LogP contribution in [0.25, 0.3) is 0 Å². The van der Waals surface area contributed by atoms with Crippen LogP contribution in [0.15, 0.2) is 40.9 Å². The van der Waals surface area contributed by atoms with Gasteiger partial charge in [-0.25, -0.2) is 0 Å². The molecule has 1 aromatic heterocycles. The van der Waals surface area contributed by atoms with E-state index in [-0.39, 0.29) is 30.2 Å². The molecule has 3 rings (SSSR count). The maximum Gasteiger partial charge on any atom is 0.273 e. The first kappa shape index (κ1) is 20.1. The van der Waals surface area contributed by atoms with Gasteiger partial charge in [-0.1, -0.05) is 35.5 Å². The number of aromatic nitrogens is 1. The highest BCUT2D eigenvalue weighted by Crippen LogP contribution is 2.17. The molecule has 1 aromatic carbocycles. The SMILES string of the molecule is CCNC(=O)c1cc(CN(CC2CCCO2)C(=O)CCc2ccccc2)on1. The van der Waals surface area contributed by atoms with E-state index in [1.165, 1.54) is 0 Å². The first-order chi connectivity index (χ1) is 13.7. The van der Waals surface area contributed by atoms with Crippen LogP contribution in [0.3, 0.4) is 0 Å². The van der Waals surface area contributed by atoms with Crippen molar-refractivity contribution >= 4 is 11.8 Å². The number of rotatable bonds is 9. The van der Waals surface area contributed by atoms with Gasteiger partial charge >= 0.3 is 0 Å². The fourth-order valence-electron chi connectivity index (χ4n) is 3.28. The standard InChI is InChI=1S/C21H27N3O4/c1-2-22-21(26)19-13-18(28-23-19)15-24(14-17-9-6-12-27-17)20(25)11-10-16-7-4-3-5-8-16/h3-5,7-8,13,17H,2,6,9-12,14-15H2,1H3,(H,22,26). The molecule has 1 aliphatic heterocycles. The molecule has 1 fully saturated rings. The molecule has 7 nitrogen and oxygen atoms in total.